The van der Waals surface area contributed by atoms with Gasteiger partial charge in [-0.3, -0.25) is 4.79 Å². The molecule has 1 unspecified atom stereocenters. The van der Waals surface area contributed by atoms with Gasteiger partial charge in [-0.2, -0.15) is 0 Å². The lowest BCUT2D eigenvalue weighted by Crippen LogP contribution is -2.34. The van der Waals surface area contributed by atoms with Crippen LogP contribution in [-0.4, -0.2) is 24.2 Å². The highest BCUT2D eigenvalue weighted by atomic mass is 19.1. The van der Waals surface area contributed by atoms with Gasteiger partial charge in [-0.05, 0) is 11.6 Å². The molecule has 1 aromatic carbocycles. The number of benzene rings is 1. The van der Waals surface area contributed by atoms with Crippen LogP contribution < -0.4 is 5.32 Å². The summed E-state index contributed by atoms with van der Waals surface area (Å²) < 4.78 is 13.6. The van der Waals surface area contributed by atoms with Gasteiger partial charge in [-0.1, -0.05) is 18.2 Å². The number of carbonyl (C=O) groups excluding carboxylic acids is 1. The molecular weight excluding hydrogens is 197 g/mol. The quantitative estimate of drug-likeness (QED) is 0.748. The van der Waals surface area contributed by atoms with E-state index in [-0.39, 0.29) is 24.8 Å². The SMILES string of the molecule is O=C1CC(CO)(c2ccccc2F)CN1. The topological polar surface area (TPSA) is 49.3 Å². The van der Waals surface area contributed by atoms with Crippen molar-refractivity contribution in [3.8, 4) is 0 Å². The van der Waals surface area contributed by atoms with Crippen molar-refractivity contribution < 1.29 is 14.3 Å². The van der Waals surface area contributed by atoms with Crippen molar-refractivity contribution in [3.05, 3.63) is 35.6 Å². The number of aliphatic hydroxyl groups excluding tert-OH is 1. The highest BCUT2D eigenvalue weighted by Gasteiger charge is 2.41. The molecule has 3 nitrogen and oxygen atoms in total. The van der Waals surface area contributed by atoms with E-state index in [2.05, 4.69) is 5.32 Å². The number of rotatable bonds is 2. The molecule has 1 amide bonds. The summed E-state index contributed by atoms with van der Waals surface area (Å²) in [5.41, 5.74) is -0.381. The summed E-state index contributed by atoms with van der Waals surface area (Å²) in [6.45, 7) is 0.0654. The average Bonchev–Trinajstić information content (AvgIpc) is 2.62. The first-order valence-electron chi connectivity index (χ1n) is 4.80. The smallest absolute Gasteiger partial charge is 0.221 e. The molecule has 1 aromatic rings. The molecule has 2 rings (SSSR count). The van der Waals surface area contributed by atoms with E-state index in [0.717, 1.165) is 0 Å². The summed E-state index contributed by atoms with van der Waals surface area (Å²) in [4.78, 5) is 11.2. The van der Waals surface area contributed by atoms with Gasteiger partial charge in [0.1, 0.15) is 5.82 Å². The molecule has 4 heteroatoms. The molecule has 1 saturated heterocycles. The van der Waals surface area contributed by atoms with Crippen molar-refractivity contribution in [2.75, 3.05) is 13.2 Å². The first-order chi connectivity index (χ1) is 7.18. The Morgan fingerprint density at radius 2 is 2.20 bits per heavy atom. The van der Waals surface area contributed by atoms with Gasteiger partial charge in [0.25, 0.3) is 0 Å². The lowest BCUT2D eigenvalue weighted by atomic mass is 9.80. The lowest BCUT2D eigenvalue weighted by Gasteiger charge is -2.25. The lowest BCUT2D eigenvalue weighted by molar-refractivity contribution is -0.119. The van der Waals surface area contributed by atoms with Crippen LogP contribution in [0.4, 0.5) is 4.39 Å². The molecule has 0 saturated carbocycles. The van der Waals surface area contributed by atoms with Crippen LogP contribution in [0, 0.1) is 5.82 Å². The Balaban J connectivity index is 2.43. The van der Waals surface area contributed by atoms with E-state index in [1.807, 2.05) is 0 Å². The van der Waals surface area contributed by atoms with E-state index >= 15 is 0 Å². The first kappa shape index (κ1) is 10.1. The van der Waals surface area contributed by atoms with Gasteiger partial charge in [0.05, 0.1) is 6.61 Å². The number of halogens is 1. The normalized spacial score (nSPS) is 25.3. The minimum absolute atomic E-state index is 0.143. The molecule has 80 valence electrons. The van der Waals surface area contributed by atoms with E-state index in [1.165, 1.54) is 6.07 Å². The zero-order valence-corrected chi connectivity index (χ0v) is 8.16. The van der Waals surface area contributed by atoms with Crippen molar-refractivity contribution in [3.63, 3.8) is 0 Å². The highest BCUT2D eigenvalue weighted by Crippen LogP contribution is 2.32. The number of hydrogen-bond donors (Lipinski definition) is 2. The molecule has 1 atom stereocenters. The first-order valence-corrected chi connectivity index (χ1v) is 4.80. The Labute approximate surface area is 86.9 Å². The van der Waals surface area contributed by atoms with E-state index in [4.69, 9.17) is 0 Å². The molecule has 0 bridgehead atoms. The average molecular weight is 209 g/mol. The fraction of sp³-hybridized carbons (Fsp3) is 0.364. The van der Waals surface area contributed by atoms with Crippen LogP contribution in [0.3, 0.4) is 0 Å². The summed E-state index contributed by atoms with van der Waals surface area (Å²) >= 11 is 0. The van der Waals surface area contributed by atoms with Gasteiger partial charge >= 0.3 is 0 Å². The third kappa shape index (κ3) is 1.61. The second-order valence-electron chi connectivity index (χ2n) is 3.87. The fourth-order valence-electron chi connectivity index (χ4n) is 1.98. The summed E-state index contributed by atoms with van der Waals surface area (Å²) in [5.74, 6) is -0.518. The number of hydrogen-bond acceptors (Lipinski definition) is 2. The zero-order chi connectivity index (χ0) is 10.9. The largest absolute Gasteiger partial charge is 0.395 e. The predicted octanol–water partition coefficient (Wildman–Crippen LogP) is 0.576. The maximum absolute atomic E-state index is 13.6. The standard InChI is InChI=1S/C11H12FNO2/c12-9-4-2-1-3-8(9)11(7-14)5-10(15)13-6-11/h1-4,14H,5-7H2,(H,13,15). The highest BCUT2D eigenvalue weighted by molar-refractivity contribution is 5.80. The van der Waals surface area contributed by atoms with Crippen LogP contribution in [0.1, 0.15) is 12.0 Å². The van der Waals surface area contributed by atoms with Gasteiger partial charge in [-0.25, -0.2) is 4.39 Å². The molecule has 0 aromatic heterocycles. The summed E-state index contributed by atoms with van der Waals surface area (Å²) in [6, 6.07) is 6.26. The van der Waals surface area contributed by atoms with Crippen molar-refractivity contribution in [2.45, 2.75) is 11.8 Å². The zero-order valence-electron chi connectivity index (χ0n) is 8.16. The second-order valence-corrected chi connectivity index (χ2v) is 3.87. The second kappa shape index (κ2) is 3.62. The third-order valence-corrected chi connectivity index (χ3v) is 2.87. The molecule has 0 radical (unpaired) electrons. The molecule has 0 aliphatic carbocycles. The van der Waals surface area contributed by atoms with E-state index < -0.39 is 5.41 Å². The van der Waals surface area contributed by atoms with Gasteiger partial charge < -0.3 is 10.4 Å². The Morgan fingerprint density at radius 1 is 1.47 bits per heavy atom. The van der Waals surface area contributed by atoms with Crippen LogP contribution in [-0.2, 0) is 10.2 Å². The van der Waals surface area contributed by atoms with Crippen LogP contribution in [0.2, 0.25) is 0 Å². The number of carbonyl (C=O) groups is 1. The van der Waals surface area contributed by atoms with E-state index in [0.29, 0.717) is 12.1 Å². The molecule has 15 heavy (non-hydrogen) atoms. The van der Waals surface area contributed by atoms with Gasteiger partial charge in [0.2, 0.25) is 5.91 Å². The Kier molecular flexibility index (Phi) is 2.44. The Bertz CT molecular complexity index is 394. The monoisotopic (exact) mass is 209 g/mol. The van der Waals surface area contributed by atoms with Crippen LogP contribution >= 0.6 is 0 Å². The fourth-order valence-corrected chi connectivity index (χ4v) is 1.98. The van der Waals surface area contributed by atoms with E-state index in [9.17, 15) is 14.3 Å². The molecule has 0 spiro atoms. The molecular formula is C11H12FNO2. The molecule has 1 heterocycles. The third-order valence-electron chi connectivity index (χ3n) is 2.87. The summed E-state index contributed by atoms with van der Waals surface area (Å²) in [5, 5.41) is 12.0. The molecule has 1 aliphatic rings. The van der Waals surface area contributed by atoms with Crippen LogP contribution in [0.25, 0.3) is 0 Å². The van der Waals surface area contributed by atoms with Crippen LogP contribution in [0.5, 0.6) is 0 Å². The van der Waals surface area contributed by atoms with Crippen molar-refractivity contribution >= 4 is 5.91 Å². The minimum atomic E-state index is -0.789. The molecule has 2 N–H and O–H groups in total. The maximum atomic E-state index is 13.6. The number of aliphatic hydroxyl groups is 1. The minimum Gasteiger partial charge on any atom is -0.395 e. The molecule has 1 fully saturated rings. The maximum Gasteiger partial charge on any atom is 0.221 e. The Morgan fingerprint density at radius 3 is 2.73 bits per heavy atom. The van der Waals surface area contributed by atoms with Gasteiger partial charge in [-0.15, -0.1) is 0 Å². The molecule has 1 aliphatic heterocycles. The van der Waals surface area contributed by atoms with Crippen molar-refractivity contribution in [1.29, 1.82) is 0 Å². The van der Waals surface area contributed by atoms with E-state index in [1.54, 1.807) is 18.2 Å². The predicted molar refractivity (Wildman–Crippen MR) is 52.8 cm³/mol. The van der Waals surface area contributed by atoms with Gasteiger partial charge in [0.15, 0.2) is 0 Å². The Hall–Kier alpha value is -1.42. The number of amides is 1. The summed E-state index contributed by atoms with van der Waals surface area (Å²) in [7, 11) is 0. The van der Waals surface area contributed by atoms with Crippen LogP contribution in [0.15, 0.2) is 24.3 Å². The van der Waals surface area contributed by atoms with Gasteiger partial charge in [0, 0.05) is 18.4 Å². The van der Waals surface area contributed by atoms with Crippen molar-refractivity contribution in [2.24, 2.45) is 0 Å². The summed E-state index contributed by atoms with van der Waals surface area (Å²) in [6.07, 6.45) is 0.143. The number of nitrogens with one attached hydrogen (secondary N) is 1. The van der Waals surface area contributed by atoms with Crippen molar-refractivity contribution in [1.82, 2.24) is 5.32 Å².